The molecule has 0 aromatic carbocycles. The lowest BCUT2D eigenvalue weighted by atomic mass is 10.0. The van der Waals surface area contributed by atoms with Gasteiger partial charge in [0.25, 0.3) is 0 Å². The molecule has 0 aliphatic rings. The Bertz CT molecular complexity index is 338. The third-order valence-corrected chi connectivity index (χ3v) is 2.53. The van der Waals surface area contributed by atoms with Gasteiger partial charge in [0.05, 0.1) is 6.07 Å². The quantitative estimate of drug-likeness (QED) is 0.720. The highest BCUT2D eigenvalue weighted by molar-refractivity contribution is 7.99. The molecule has 0 saturated carbocycles. The molecule has 1 aromatic heterocycles. The van der Waals surface area contributed by atoms with Gasteiger partial charge in [-0.25, -0.2) is 4.98 Å². The first-order valence-corrected chi connectivity index (χ1v) is 5.24. The number of H-pyrrole nitrogens is 1. The number of rotatable bonds is 4. The van der Waals surface area contributed by atoms with Gasteiger partial charge in [0.2, 0.25) is 5.16 Å². The average Bonchev–Trinajstić information content (AvgIpc) is 2.51. The third-order valence-electron chi connectivity index (χ3n) is 1.68. The molecule has 0 amide bonds. The normalized spacial score (nSPS) is 14.7. The van der Waals surface area contributed by atoms with Crippen molar-refractivity contribution < 1.29 is 0 Å². The average molecular weight is 211 g/mol. The van der Waals surface area contributed by atoms with Crippen molar-refractivity contribution in [2.45, 2.75) is 31.0 Å². The van der Waals surface area contributed by atoms with Gasteiger partial charge in [0.1, 0.15) is 11.4 Å². The van der Waals surface area contributed by atoms with E-state index in [1.54, 1.807) is 6.92 Å². The highest BCUT2D eigenvalue weighted by Gasteiger charge is 2.16. The van der Waals surface area contributed by atoms with E-state index in [-0.39, 0.29) is 0 Å². The van der Waals surface area contributed by atoms with Crippen molar-refractivity contribution in [3.8, 4) is 6.07 Å². The number of nitrogens with two attached hydrogens (primary N) is 1. The second-order valence-corrected chi connectivity index (χ2v) is 4.39. The van der Waals surface area contributed by atoms with Gasteiger partial charge >= 0.3 is 0 Å². The van der Waals surface area contributed by atoms with Gasteiger partial charge in [-0.15, -0.1) is 5.10 Å². The molecule has 1 atom stereocenters. The number of aromatic amines is 1. The molecule has 1 aromatic rings. The van der Waals surface area contributed by atoms with Crippen LogP contribution in [0, 0.1) is 18.3 Å². The van der Waals surface area contributed by atoms with E-state index < -0.39 is 5.54 Å². The Morgan fingerprint density at radius 1 is 1.71 bits per heavy atom. The topological polar surface area (TPSA) is 91.4 Å². The standard InChI is InChI=1S/C8H13N5S/c1-6-11-7(13-12-6)14-4-3-8(2,10)5-9/h3-4,10H2,1-2H3,(H,11,12,13). The van der Waals surface area contributed by atoms with Crippen LogP contribution in [0.4, 0.5) is 0 Å². The van der Waals surface area contributed by atoms with Crippen LogP contribution in [0.2, 0.25) is 0 Å². The van der Waals surface area contributed by atoms with E-state index >= 15 is 0 Å². The maximum absolute atomic E-state index is 8.67. The minimum atomic E-state index is -0.752. The maximum atomic E-state index is 8.67. The van der Waals surface area contributed by atoms with E-state index in [9.17, 15) is 0 Å². The molecule has 0 bridgehead atoms. The Kier molecular flexibility index (Phi) is 3.49. The van der Waals surface area contributed by atoms with Crippen molar-refractivity contribution >= 4 is 11.8 Å². The van der Waals surface area contributed by atoms with Crippen molar-refractivity contribution in [2.75, 3.05) is 5.75 Å². The first kappa shape index (κ1) is 11.0. The zero-order chi connectivity index (χ0) is 10.6. The number of aryl methyl sites for hydroxylation is 1. The van der Waals surface area contributed by atoms with Gasteiger partial charge in [-0.05, 0) is 20.3 Å². The van der Waals surface area contributed by atoms with E-state index in [1.165, 1.54) is 11.8 Å². The molecule has 76 valence electrons. The predicted molar refractivity (Wildman–Crippen MR) is 54.7 cm³/mol. The lowest BCUT2D eigenvalue weighted by molar-refractivity contribution is 0.583. The molecule has 14 heavy (non-hydrogen) atoms. The SMILES string of the molecule is Cc1nc(SCCC(C)(N)C#N)n[nH]1. The fraction of sp³-hybridized carbons (Fsp3) is 0.625. The zero-order valence-corrected chi connectivity index (χ0v) is 9.06. The van der Waals surface area contributed by atoms with Crippen LogP contribution in [-0.4, -0.2) is 26.5 Å². The Labute approximate surface area is 87.1 Å². The Morgan fingerprint density at radius 3 is 2.93 bits per heavy atom. The zero-order valence-electron chi connectivity index (χ0n) is 8.24. The summed E-state index contributed by atoms with van der Waals surface area (Å²) in [5.41, 5.74) is 4.91. The van der Waals surface area contributed by atoms with E-state index in [0.29, 0.717) is 11.6 Å². The largest absolute Gasteiger partial charge is 0.314 e. The van der Waals surface area contributed by atoms with Crippen LogP contribution >= 0.6 is 11.8 Å². The molecule has 0 spiro atoms. The first-order valence-electron chi connectivity index (χ1n) is 4.25. The smallest absolute Gasteiger partial charge is 0.208 e. The van der Waals surface area contributed by atoms with Crippen molar-refractivity contribution in [3.05, 3.63) is 5.82 Å². The molecule has 0 aliphatic heterocycles. The number of nitriles is 1. The number of hydrogen-bond acceptors (Lipinski definition) is 5. The van der Waals surface area contributed by atoms with Crippen molar-refractivity contribution in [2.24, 2.45) is 5.73 Å². The molecule has 0 fully saturated rings. The second kappa shape index (κ2) is 4.44. The van der Waals surface area contributed by atoms with Crippen LogP contribution in [0.3, 0.4) is 0 Å². The van der Waals surface area contributed by atoms with Crippen LogP contribution in [0.5, 0.6) is 0 Å². The van der Waals surface area contributed by atoms with Crippen LogP contribution in [-0.2, 0) is 0 Å². The van der Waals surface area contributed by atoms with E-state index in [4.69, 9.17) is 11.0 Å². The fourth-order valence-corrected chi connectivity index (χ4v) is 1.82. The summed E-state index contributed by atoms with van der Waals surface area (Å²) in [6.45, 7) is 3.57. The van der Waals surface area contributed by atoms with Gasteiger partial charge in [0, 0.05) is 5.75 Å². The van der Waals surface area contributed by atoms with Gasteiger partial charge < -0.3 is 5.73 Å². The number of aromatic nitrogens is 3. The Hall–Kier alpha value is -1.06. The minimum Gasteiger partial charge on any atom is -0.314 e. The van der Waals surface area contributed by atoms with E-state index in [0.717, 1.165) is 11.6 Å². The summed E-state index contributed by atoms with van der Waals surface area (Å²) < 4.78 is 0. The first-order chi connectivity index (χ1) is 6.53. The number of hydrogen-bond donors (Lipinski definition) is 2. The number of thioether (sulfide) groups is 1. The number of nitrogens with one attached hydrogen (secondary N) is 1. The van der Waals surface area contributed by atoms with Crippen LogP contribution in [0.25, 0.3) is 0 Å². The van der Waals surface area contributed by atoms with Gasteiger partial charge in [0.15, 0.2) is 0 Å². The van der Waals surface area contributed by atoms with Gasteiger partial charge in [-0.1, -0.05) is 11.8 Å². The van der Waals surface area contributed by atoms with Crippen molar-refractivity contribution in [1.29, 1.82) is 5.26 Å². The Morgan fingerprint density at radius 2 is 2.43 bits per heavy atom. The van der Waals surface area contributed by atoms with Crippen molar-refractivity contribution in [1.82, 2.24) is 15.2 Å². The molecule has 6 heteroatoms. The molecule has 1 heterocycles. The summed E-state index contributed by atoms with van der Waals surface area (Å²) in [6, 6.07) is 2.05. The van der Waals surface area contributed by atoms with Gasteiger partial charge in [-0.3, -0.25) is 5.10 Å². The van der Waals surface area contributed by atoms with E-state index in [1.807, 2.05) is 13.0 Å². The molecule has 0 radical (unpaired) electrons. The molecule has 5 nitrogen and oxygen atoms in total. The maximum Gasteiger partial charge on any atom is 0.208 e. The van der Waals surface area contributed by atoms with E-state index in [2.05, 4.69) is 15.2 Å². The van der Waals surface area contributed by atoms with Crippen molar-refractivity contribution in [3.63, 3.8) is 0 Å². The third kappa shape index (κ3) is 3.36. The van der Waals surface area contributed by atoms with Crippen LogP contribution < -0.4 is 5.73 Å². The molecule has 1 rings (SSSR count). The highest BCUT2D eigenvalue weighted by atomic mass is 32.2. The summed E-state index contributed by atoms with van der Waals surface area (Å²) in [6.07, 6.45) is 0.627. The van der Waals surface area contributed by atoms with Crippen LogP contribution in [0.1, 0.15) is 19.2 Å². The lowest BCUT2D eigenvalue weighted by Crippen LogP contribution is -2.34. The summed E-state index contributed by atoms with van der Waals surface area (Å²) in [4.78, 5) is 4.13. The Balaban J connectivity index is 2.33. The number of nitrogens with zero attached hydrogens (tertiary/aromatic N) is 3. The summed E-state index contributed by atoms with van der Waals surface area (Å²) in [7, 11) is 0. The lowest BCUT2D eigenvalue weighted by Gasteiger charge is -2.13. The predicted octanol–water partition coefficient (Wildman–Crippen LogP) is 0.836. The summed E-state index contributed by atoms with van der Waals surface area (Å²) in [5.74, 6) is 1.54. The molecule has 3 N–H and O–H groups in total. The molecule has 0 saturated heterocycles. The molecule has 1 unspecified atom stereocenters. The molecule has 0 aliphatic carbocycles. The fourth-order valence-electron chi connectivity index (χ4n) is 0.797. The monoisotopic (exact) mass is 211 g/mol. The highest BCUT2D eigenvalue weighted by Crippen LogP contribution is 2.16. The summed E-state index contributed by atoms with van der Waals surface area (Å²) >= 11 is 1.50. The van der Waals surface area contributed by atoms with Crippen LogP contribution in [0.15, 0.2) is 5.16 Å². The molecular weight excluding hydrogens is 198 g/mol. The minimum absolute atomic E-state index is 0.627. The van der Waals surface area contributed by atoms with Gasteiger partial charge in [-0.2, -0.15) is 5.26 Å². The second-order valence-electron chi connectivity index (χ2n) is 3.33. The molecular formula is C8H13N5S. The summed E-state index contributed by atoms with van der Waals surface area (Å²) in [5, 5.41) is 16.1.